The summed E-state index contributed by atoms with van der Waals surface area (Å²) in [6.07, 6.45) is -6.15. The average Bonchev–Trinajstić information content (AvgIpc) is 2.91. The van der Waals surface area contributed by atoms with Crippen molar-refractivity contribution in [3.8, 4) is 17.2 Å². The lowest BCUT2D eigenvalue weighted by Crippen LogP contribution is -2.56. The van der Waals surface area contributed by atoms with Gasteiger partial charge in [-0.3, -0.25) is 4.79 Å². The summed E-state index contributed by atoms with van der Waals surface area (Å²) < 4.78 is 23.1. The van der Waals surface area contributed by atoms with E-state index in [9.17, 15) is 40.2 Å². The summed E-state index contributed by atoms with van der Waals surface area (Å²) in [4.78, 5) is 26.0. The summed E-state index contributed by atoms with van der Waals surface area (Å²) in [5, 5.41) is 60.7. The zero-order chi connectivity index (χ0) is 30.0. The molecular formula is C29H32O12. The van der Waals surface area contributed by atoms with E-state index >= 15 is 0 Å². The molecule has 0 spiro atoms. The van der Waals surface area contributed by atoms with E-state index in [1.807, 2.05) is 0 Å². The molecule has 6 unspecified atom stereocenters. The van der Waals surface area contributed by atoms with Gasteiger partial charge in [0.1, 0.15) is 41.5 Å². The van der Waals surface area contributed by atoms with Crippen LogP contribution in [-0.2, 0) is 20.7 Å². The van der Waals surface area contributed by atoms with Crippen LogP contribution in [0.4, 0.5) is 0 Å². The molecule has 41 heavy (non-hydrogen) atoms. The molecule has 1 aliphatic rings. The zero-order valence-electron chi connectivity index (χ0n) is 22.6. The number of fused-ring (bicyclic) bond motifs is 1. The lowest BCUT2D eigenvalue weighted by molar-refractivity contribution is -0.239. The molecule has 6 N–H and O–H groups in total. The largest absolute Gasteiger partial charge is 0.504 e. The Bertz CT molecular complexity index is 1510. The topological polar surface area (TPSA) is 196 Å². The number of methoxy groups -OCH3 is 1. The minimum Gasteiger partial charge on any atom is -0.504 e. The van der Waals surface area contributed by atoms with E-state index in [1.54, 1.807) is 13.0 Å². The highest BCUT2D eigenvalue weighted by Crippen LogP contribution is 2.43. The van der Waals surface area contributed by atoms with Crippen LogP contribution < -0.4 is 10.2 Å². The van der Waals surface area contributed by atoms with Gasteiger partial charge < -0.3 is 49.3 Å². The fourth-order valence-corrected chi connectivity index (χ4v) is 4.83. The van der Waals surface area contributed by atoms with Crippen molar-refractivity contribution in [2.24, 2.45) is 0 Å². The van der Waals surface area contributed by atoms with Crippen LogP contribution in [0.25, 0.3) is 17.0 Å². The molecule has 1 aromatic heterocycles. The second-order valence-corrected chi connectivity index (χ2v) is 9.89. The Hall–Kier alpha value is -3.94. The average molecular weight is 573 g/mol. The lowest BCUT2D eigenvalue weighted by atomic mass is 9.89. The molecule has 4 rings (SSSR count). The van der Waals surface area contributed by atoms with E-state index < -0.39 is 60.4 Å². The number of rotatable bonds is 8. The first-order valence-corrected chi connectivity index (χ1v) is 12.8. The fraction of sp³-hybridized carbons (Fsp3) is 0.379. The number of esters is 1. The molecule has 12 nitrogen and oxygen atoms in total. The van der Waals surface area contributed by atoms with Crippen LogP contribution in [0.15, 0.2) is 45.6 Å². The van der Waals surface area contributed by atoms with Crippen molar-refractivity contribution in [3.05, 3.63) is 69.1 Å². The number of aliphatic hydroxyl groups is 4. The lowest BCUT2D eigenvalue weighted by Gasteiger charge is -2.42. The van der Waals surface area contributed by atoms with Gasteiger partial charge in [-0.05, 0) is 49.2 Å². The van der Waals surface area contributed by atoms with E-state index in [0.717, 1.165) is 6.08 Å². The molecule has 0 amide bonds. The van der Waals surface area contributed by atoms with Gasteiger partial charge in [0.15, 0.2) is 23.0 Å². The quantitative estimate of drug-likeness (QED) is 0.128. The number of aryl methyl sites for hydroxylation is 1. The van der Waals surface area contributed by atoms with Gasteiger partial charge >= 0.3 is 5.97 Å². The van der Waals surface area contributed by atoms with Crippen LogP contribution in [0.1, 0.15) is 35.5 Å². The van der Waals surface area contributed by atoms with Crippen molar-refractivity contribution >= 4 is 23.0 Å². The third kappa shape index (κ3) is 6.21. The maximum absolute atomic E-state index is 13.1. The molecule has 12 heteroatoms. The Morgan fingerprint density at radius 3 is 2.49 bits per heavy atom. The Morgan fingerprint density at radius 1 is 1.12 bits per heavy atom. The summed E-state index contributed by atoms with van der Waals surface area (Å²) in [7, 11) is 1.36. The summed E-state index contributed by atoms with van der Waals surface area (Å²) in [5.74, 6) is -1.38. The normalized spacial score (nSPS) is 23.5. The van der Waals surface area contributed by atoms with Crippen molar-refractivity contribution in [1.82, 2.24) is 0 Å². The summed E-state index contributed by atoms with van der Waals surface area (Å²) >= 11 is 0. The molecule has 3 aromatic rings. The SMILES string of the molecule is COc1cc(C)c2c(=O)cc(CC(C)O)oc2c1C1OC(CO)C(O)C(O)C1OC(=O)C=Cc1ccc(O)c(O)c1. The van der Waals surface area contributed by atoms with E-state index in [1.165, 1.54) is 44.4 Å². The predicted molar refractivity (Wildman–Crippen MR) is 145 cm³/mol. The second kappa shape index (κ2) is 12.3. The van der Waals surface area contributed by atoms with Gasteiger partial charge in [0.05, 0.1) is 30.8 Å². The van der Waals surface area contributed by atoms with E-state index in [4.69, 9.17) is 18.6 Å². The van der Waals surface area contributed by atoms with Gasteiger partial charge in [-0.2, -0.15) is 0 Å². The number of hydrogen-bond acceptors (Lipinski definition) is 12. The van der Waals surface area contributed by atoms with E-state index in [2.05, 4.69) is 0 Å². The zero-order valence-corrected chi connectivity index (χ0v) is 22.6. The van der Waals surface area contributed by atoms with Gasteiger partial charge in [-0.15, -0.1) is 0 Å². The Balaban J connectivity index is 1.82. The second-order valence-electron chi connectivity index (χ2n) is 9.89. The number of benzene rings is 2. The van der Waals surface area contributed by atoms with Gasteiger partial charge in [0.25, 0.3) is 0 Å². The number of ether oxygens (including phenoxy) is 3. The predicted octanol–water partition coefficient (Wildman–Crippen LogP) is 1.22. The standard InChI is InChI=1S/C29H32O12/c1-13-8-20(38-3)24(27-23(13)19(34)11-16(39-27)9-14(2)31)28-29(26(37)25(36)21(12-30)40-28)41-22(35)7-5-15-4-6-17(32)18(33)10-15/h4-8,10-11,14,21,25-26,28-33,36-37H,9,12H2,1-3H3. The van der Waals surface area contributed by atoms with E-state index in [0.29, 0.717) is 11.1 Å². The van der Waals surface area contributed by atoms with Gasteiger partial charge in [0.2, 0.25) is 0 Å². The first-order chi connectivity index (χ1) is 19.4. The highest BCUT2D eigenvalue weighted by atomic mass is 16.6. The monoisotopic (exact) mass is 572 g/mol. The summed E-state index contributed by atoms with van der Waals surface area (Å²) in [5.41, 5.74) is 0.542. The maximum Gasteiger partial charge on any atom is 0.331 e. The molecule has 1 aliphatic heterocycles. The summed E-state index contributed by atoms with van der Waals surface area (Å²) in [6, 6.07) is 6.69. The Kier molecular flexibility index (Phi) is 9.00. The van der Waals surface area contributed by atoms with Gasteiger partial charge in [0, 0.05) is 18.6 Å². The number of aromatic hydroxyl groups is 2. The van der Waals surface area contributed by atoms with Crippen molar-refractivity contribution in [2.45, 2.75) is 56.9 Å². The molecule has 0 aliphatic carbocycles. The summed E-state index contributed by atoms with van der Waals surface area (Å²) in [6.45, 7) is 2.50. The highest BCUT2D eigenvalue weighted by molar-refractivity contribution is 5.88. The number of carbonyl (C=O) groups is 1. The van der Waals surface area contributed by atoms with Gasteiger partial charge in [-0.1, -0.05) is 6.07 Å². The van der Waals surface area contributed by atoms with E-state index in [-0.39, 0.29) is 40.2 Å². The maximum atomic E-state index is 13.1. The molecule has 2 heterocycles. The van der Waals surface area contributed by atoms with Gasteiger partial charge in [-0.25, -0.2) is 4.79 Å². The molecule has 0 saturated carbocycles. The minimum absolute atomic E-state index is 0.00596. The van der Waals surface area contributed by atoms with Crippen LogP contribution in [-0.4, -0.2) is 80.8 Å². The van der Waals surface area contributed by atoms with Crippen molar-refractivity contribution in [2.75, 3.05) is 13.7 Å². The van der Waals surface area contributed by atoms with Crippen molar-refractivity contribution in [1.29, 1.82) is 0 Å². The fourth-order valence-electron chi connectivity index (χ4n) is 4.83. The van der Waals surface area contributed by atoms with Crippen LogP contribution in [0.3, 0.4) is 0 Å². The molecule has 0 bridgehead atoms. The van der Waals surface area contributed by atoms with Crippen LogP contribution in [0.2, 0.25) is 0 Å². The minimum atomic E-state index is -1.74. The van der Waals surface area contributed by atoms with Crippen LogP contribution >= 0.6 is 0 Å². The smallest absolute Gasteiger partial charge is 0.331 e. The number of carbonyl (C=O) groups excluding carboxylic acids is 1. The molecule has 2 aromatic carbocycles. The molecule has 0 radical (unpaired) electrons. The molecule has 1 saturated heterocycles. The Labute approximate surface area is 234 Å². The first-order valence-electron chi connectivity index (χ1n) is 12.8. The van der Waals surface area contributed by atoms with Crippen molar-refractivity contribution in [3.63, 3.8) is 0 Å². The first kappa shape index (κ1) is 30.0. The number of phenolic OH excluding ortho intramolecular Hbond substituents is 2. The molecule has 6 atom stereocenters. The number of aliphatic hydroxyl groups excluding tert-OH is 4. The number of hydrogen-bond donors (Lipinski definition) is 6. The molecule has 220 valence electrons. The number of phenols is 2. The highest BCUT2D eigenvalue weighted by Gasteiger charge is 2.49. The molecular weight excluding hydrogens is 540 g/mol. The third-order valence-corrected chi connectivity index (χ3v) is 6.78. The third-order valence-electron chi connectivity index (χ3n) is 6.78. The van der Waals surface area contributed by atoms with Crippen LogP contribution in [0, 0.1) is 6.92 Å². The molecule has 1 fully saturated rings. The van der Waals surface area contributed by atoms with Crippen molar-refractivity contribution < 1.29 is 54.1 Å². The Morgan fingerprint density at radius 2 is 1.85 bits per heavy atom. The van der Waals surface area contributed by atoms with Crippen LogP contribution in [0.5, 0.6) is 17.2 Å².